The molecule has 0 heteroatoms. The number of hydrogen-bond acceptors (Lipinski definition) is 0. The molecule has 21 aromatic rings. The minimum absolute atomic E-state index is 1.25. The molecule has 0 aliphatic rings. The van der Waals surface area contributed by atoms with Gasteiger partial charge in [0.15, 0.2) is 0 Å². The smallest absolute Gasteiger partial charge is 0.00264 e. The highest BCUT2D eigenvalue weighted by molar-refractivity contribution is 6.16. The zero-order valence-electron chi connectivity index (χ0n) is 94.6. The van der Waals surface area contributed by atoms with Crippen molar-refractivity contribution in [3.05, 3.63) is 449 Å². The van der Waals surface area contributed by atoms with Gasteiger partial charge in [0.2, 0.25) is 0 Å². The highest BCUT2D eigenvalue weighted by Crippen LogP contribution is 2.45. The van der Waals surface area contributed by atoms with Crippen LogP contribution in [0.15, 0.2) is 449 Å². The minimum Gasteiger partial charge on any atom is -0.0683 e. The van der Waals surface area contributed by atoms with Crippen LogP contribution in [-0.2, 0) is 0 Å². The highest BCUT2D eigenvalue weighted by Gasteiger charge is 2.18. The highest BCUT2D eigenvalue weighted by atomic mass is 14.2. The van der Waals surface area contributed by atoms with E-state index in [0.717, 1.165) is 0 Å². The summed E-state index contributed by atoms with van der Waals surface area (Å²) >= 11 is 0. The molecular weight excluding hydrogens is 1730 g/mol. The predicted octanol–water partition coefficient (Wildman–Crippen LogP) is 48.4. The van der Waals surface area contributed by atoms with Crippen molar-refractivity contribution in [2.45, 2.75) is 247 Å². The van der Waals surface area contributed by atoms with E-state index in [1.807, 2.05) is 166 Å². The number of fused-ring (bicyclic) bond motifs is 9. The lowest BCUT2D eigenvalue weighted by Crippen LogP contribution is -1.88. The molecule has 0 bridgehead atoms. The second-order valence-electron chi connectivity index (χ2n) is 30.5. The third-order valence-electron chi connectivity index (χ3n) is 21.2. The number of benzene rings is 21. The summed E-state index contributed by atoms with van der Waals surface area (Å²) in [6.07, 6.45) is 5.00. The topological polar surface area (TPSA) is 0 Å². The molecule has 0 saturated carbocycles. The van der Waals surface area contributed by atoms with Crippen LogP contribution in [0.25, 0.3) is 186 Å². The van der Waals surface area contributed by atoms with Gasteiger partial charge in [-0.25, -0.2) is 0 Å². The van der Waals surface area contributed by atoms with E-state index in [1.54, 1.807) is 0 Å². The van der Waals surface area contributed by atoms with Crippen molar-refractivity contribution in [1.29, 1.82) is 0 Å². The Morgan fingerprint density at radius 1 is 0.104 bits per heavy atom. The Morgan fingerprint density at radius 2 is 0.250 bits per heavy atom. The van der Waals surface area contributed by atoms with Gasteiger partial charge in [0.25, 0.3) is 0 Å². The van der Waals surface area contributed by atoms with Crippen molar-refractivity contribution in [2.24, 2.45) is 0 Å². The number of hydrogen-bond donors (Lipinski definition) is 0. The van der Waals surface area contributed by atoms with Crippen LogP contribution in [-0.4, -0.2) is 0 Å². The molecule has 0 saturated heterocycles. The third kappa shape index (κ3) is 35.5. The van der Waals surface area contributed by atoms with E-state index in [2.05, 4.69) is 504 Å². The maximum Gasteiger partial charge on any atom is -0.00264 e. The molecule has 144 heavy (non-hydrogen) atoms. The summed E-state index contributed by atoms with van der Waals surface area (Å²) in [6.45, 7) is 65.0. The van der Waals surface area contributed by atoms with Crippen molar-refractivity contribution in [3.8, 4) is 89.0 Å². The quantitative estimate of drug-likeness (QED) is 0.142. The standard InChI is InChI=1S/2C30H20.C26H18.C22H16.4C3H8.12C2H6/c1-3-15-24-21(9-1)11-5-17-26(24)28-19-7-13-23-14-8-20-29(30(23)28)27-18-6-12-22-10-2-4-16-25(22)27;1-3-9-24-19-26(17-15-21(24)7-1)28-13-5-11-23-12-6-14-29(30(23)28)27-18-16-22-8-2-4-10-25(22)20-27;1-2-9-20(10-3-1)23-16-7-13-21-14-8-18-25(26(21)23)24-17-6-12-19-11-4-5-15-22(19)24;1-3-9-17(10-4-1)20-15-7-13-19-14-8-16-21(22(19)20)18-11-5-2-6-12-18;4*1-3-2;12*1-2/h2*1-20H;1-18H;1-16H;4*3H2,1-2H3;12*1-2H3. The molecular formula is C144H178. The van der Waals surface area contributed by atoms with Gasteiger partial charge in [0.05, 0.1) is 0 Å². The Balaban J connectivity index is 0.000000587. The maximum absolute atomic E-state index is 2.31. The van der Waals surface area contributed by atoms with Gasteiger partial charge in [-0.3, -0.25) is 0 Å². The molecule has 0 heterocycles. The fourth-order valence-electron chi connectivity index (χ4n) is 16.2. The van der Waals surface area contributed by atoms with Crippen molar-refractivity contribution >= 4 is 97.0 Å². The average Bonchev–Trinajstić information content (AvgIpc) is 0.778. The van der Waals surface area contributed by atoms with E-state index in [1.165, 1.54) is 212 Å². The summed E-state index contributed by atoms with van der Waals surface area (Å²) in [4.78, 5) is 0. The van der Waals surface area contributed by atoms with E-state index in [9.17, 15) is 0 Å². The monoisotopic (exact) mass is 1910 g/mol. The lowest BCUT2D eigenvalue weighted by Gasteiger charge is -2.15. The average molecular weight is 1910 g/mol. The Morgan fingerprint density at radius 3 is 0.472 bits per heavy atom. The molecule has 0 aliphatic carbocycles. The molecule has 21 rings (SSSR count). The van der Waals surface area contributed by atoms with E-state index in [-0.39, 0.29) is 0 Å². The second kappa shape index (κ2) is 76.7. The number of rotatable bonds is 8. The first-order chi connectivity index (χ1) is 71.3. The molecule has 0 spiro atoms. The van der Waals surface area contributed by atoms with Crippen LogP contribution in [0.4, 0.5) is 0 Å². The summed E-state index contributed by atoms with van der Waals surface area (Å²) in [7, 11) is 0. The van der Waals surface area contributed by atoms with Crippen LogP contribution in [0.2, 0.25) is 0 Å². The predicted molar refractivity (Wildman–Crippen MR) is 667 cm³/mol. The first-order valence-corrected chi connectivity index (χ1v) is 54.9. The van der Waals surface area contributed by atoms with Gasteiger partial charge in [0, 0.05) is 0 Å². The van der Waals surface area contributed by atoms with Crippen molar-refractivity contribution < 1.29 is 0 Å². The van der Waals surface area contributed by atoms with E-state index in [4.69, 9.17) is 0 Å². The fourth-order valence-corrected chi connectivity index (χ4v) is 16.2. The van der Waals surface area contributed by atoms with Crippen LogP contribution in [0.5, 0.6) is 0 Å². The molecule has 0 radical (unpaired) electrons. The van der Waals surface area contributed by atoms with E-state index in [0.29, 0.717) is 0 Å². The molecule has 0 fully saturated rings. The second-order valence-corrected chi connectivity index (χ2v) is 30.5. The lowest BCUT2D eigenvalue weighted by molar-refractivity contribution is 1.09. The maximum atomic E-state index is 2.31. The SMILES string of the molecule is CC.CC.CC.CC.CC.CC.CC.CC.CC.CC.CC.CC.CCC.CCC.CCC.CCC.c1ccc(-c2cccc3cccc(-c4cccc5ccccc45)c23)cc1.c1ccc(-c2cccc3cccc(-c4ccccc4)c23)cc1.c1ccc2c(-c3cccc4cccc(-c5cccc6ccccc56)c34)cccc2c1.c1ccc2cc(-c3cccc4cccc(-c5ccc6ccccc6c5)c34)ccc2c1. The van der Waals surface area contributed by atoms with Crippen LogP contribution >= 0.6 is 0 Å². The molecule has 0 amide bonds. The largest absolute Gasteiger partial charge is 0.0683 e. The summed E-state index contributed by atoms with van der Waals surface area (Å²) in [6, 6.07) is 161. The first-order valence-electron chi connectivity index (χ1n) is 54.9. The van der Waals surface area contributed by atoms with Crippen molar-refractivity contribution in [2.75, 3.05) is 0 Å². The Hall–Kier alpha value is -14.0. The Kier molecular flexibility index (Phi) is 67.1. The molecule has 0 unspecified atom stereocenters. The molecule has 0 N–H and O–H groups in total. The fraction of sp³-hybridized carbons (Fsp3) is 0.250. The zero-order chi connectivity index (χ0) is 107. The molecule has 21 aromatic carbocycles. The summed E-state index contributed by atoms with van der Waals surface area (Å²) in [5, 5.41) is 23.2. The molecule has 0 aliphatic heterocycles. The van der Waals surface area contributed by atoms with Gasteiger partial charge >= 0.3 is 0 Å². The van der Waals surface area contributed by atoms with Gasteiger partial charge in [-0.1, -0.05) is 684 Å². The van der Waals surface area contributed by atoms with Gasteiger partial charge in [-0.15, -0.1) is 0 Å². The Labute approximate surface area is 875 Å². The molecule has 0 aromatic heterocycles. The van der Waals surface area contributed by atoms with Gasteiger partial charge in [-0.05, 0) is 198 Å². The van der Waals surface area contributed by atoms with Crippen LogP contribution in [0.3, 0.4) is 0 Å². The van der Waals surface area contributed by atoms with Gasteiger partial charge < -0.3 is 0 Å². The van der Waals surface area contributed by atoms with Crippen LogP contribution in [0, 0.1) is 0 Å². The van der Waals surface area contributed by atoms with Crippen LogP contribution < -0.4 is 0 Å². The third-order valence-corrected chi connectivity index (χ3v) is 21.2. The minimum atomic E-state index is 1.25. The normalized spacial score (nSPS) is 9.36. The zero-order valence-corrected chi connectivity index (χ0v) is 94.6. The van der Waals surface area contributed by atoms with Crippen molar-refractivity contribution in [1.82, 2.24) is 0 Å². The van der Waals surface area contributed by atoms with E-state index < -0.39 is 0 Å². The Bertz CT molecular complexity index is 6600. The summed E-state index contributed by atoms with van der Waals surface area (Å²) < 4.78 is 0. The molecule has 754 valence electrons. The summed E-state index contributed by atoms with van der Waals surface area (Å²) in [5.74, 6) is 0. The molecule has 0 atom stereocenters. The van der Waals surface area contributed by atoms with Gasteiger partial charge in [0.1, 0.15) is 0 Å². The molecule has 0 nitrogen and oxygen atoms in total. The summed E-state index contributed by atoms with van der Waals surface area (Å²) in [5.41, 5.74) is 20.4. The van der Waals surface area contributed by atoms with Crippen LogP contribution in [0.1, 0.15) is 247 Å². The van der Waals surface area contributed by atoms with Gasteiger partial charge in [-0.2, -0.15) is 0 Å². The van der Waals surface area contributed by atoms with E-state index >= 15 is 0 Å². The lowest BCUT2D eigenvalue weighted by atomic mass is 9.88. The van der Waals surface area contributed by atoms with Crippen molar-refractivity contribution in [3.63, 3.8) is 0 Å². The first kappa shape index (κ1) is 126.